The monoisotopic (exact) mass is 230 g/mol. The van der Waals surface area contributed by atoms with Crippen LogP contribution >= 0.6 is 23.1 Å². The Bertz CT molecular complexity index is 300. The maximum absolute atomic E-state index is 5.79. The molecular weight excluding hydrogens is 216 g/mol. The predicted molar refractivity (Wildman–Crippen MR) is 59.9 cm³/mol. The van der Waals surface area contributed by atoms with Crippen molar-refractivity contribution in [3.8, 4) is 0 Å². The molecule has 1 fully saturated rings. The van der Waals surface area contributed by atoms with Gasteiger partial charge in [-0.25, -0.2) is 4.98 Å². The minimum absolute atomic E-state index is 0.567. The highest BCUT2D eigenvalue weighted by molar-refractivity contribution is 7.10. The van der Waals surface area contributed by atoms with Crippen LogP contribution in [-0.2, 0) is 0 Å². The first-order chi connectivity index (χ1) is 6.79. The average Bonchev–Trinajstić information content (AvgIpc) is 2.65. The van der Waals surface area contributed by atoms with Crippen molar-refractivity contribution in [2.45, 2.75) is 44.9 Å². The Balaban J connectivity index is 2.04. The number of rotatable bonds is 2. The topological polar surface area (TPSA) is 25.8 Å². The molecule has 78 valence electrons. The average molecular weight is 231 g/mol. The Morgan fingerprint density at radius 2 is 2.36 bits per heavy atom. The summed E-state index contributed by atoms with van der Waals surface area (Å²) in [5.41, 5.74) is 0. The van der Waals surface area contributed by atoms with Gasteiger partial charge in [0.2, 0.25) is 4.47 Å². The van der Waals surface area contributed by atoms with Crippen LogP contribution in [-0.4, -0.2) is 9.36 Å². The third-order valence-corrected chi connectivity index (χ3v) is 3.95. The first kappa shape index (κ1) is 10.4. The van der Waals surface area contributed by atoms with E-state index in [9.17, 15) is 0 Å². The number of halogens is 1. The second-order valence-corrected chi connectivity index (χ2v) is 5.38. The van der Waals surface area contributed by atoms with Crippen molar-refractivity contribution in [1.82, 2.24) is 9.36 Å². The number of aromatic nitrogens is 2. The Morgan fingerprint density at radius 1 is 1.50 bits per heavy atom. The SMILES string of the molecule is CCC1CCCC(c2nsc(Cl)n2)C1. The molecule has 1 aromatic rings. The van der Waals surface area contributed by atoms with Crippen LogP contribution in [0.3, 0.4) is 0 Å². The third kappa shape index (κ3) is 2.26. The van der Waals surface area contributed by atoms with Crippen LogP contribution in [0.2, 0.25) is 4.47 Å². The molecule has 1 aliphatic rings. The Hall–Kier alpha value is -0.150. The summed E-state index contributed by atoms with van der Waals surface area (Å²) in [6, 6.07) is 0. The van der Waals surface area contributed by atoms with E-state index in [4.69, 9.17) is 11.6 Å². The van der Waals surface area contributed by atoms with Crippen molar-refractivity contribution < 1.29 is 0 Å². The van der Waals surface area contributed by atoms with E-state index in [1.807, 2.05) is 0 Å². The second-order valence-electron chi connectivity index (χ2n) is 4.04. The highest BCUT2D eigenvalue weighted by Crippen LogP contribution is 2.36. The Labute approximate surface area is 93.9 Å². The van der Waals surface area contributed by atoms with Crippen LogP contribution in [0, 0.1) is 5.92 Å². The van der Waals surface area contributed by atoms with Gasteiger partial charge in [-0.15, -0.1) is 0 Å². The van der Waals surface area contributed by atoms with E-state index in [0.717, 1.165) is 11.7 Å². The Kier molecular flexibility index (Phi) is 3.39. The fraction of sp³-hybridized carbons (Fsp3) is 0.800. The van der Waals surface area contributed by atoms with Gasteiger partial charge in [-0.3, -0.25) is 0 Å². The molecule has 1 heterocycles. The summed E-state index contributed by atoms with van der Waals surface area (Å²) in [5.74, 6) is 2.42. The van der Waals surface area contributed by atoms with Crippen LogP contribution < -0.4 is 0 Å². The summed E-state index contributed by atoms with van der Waals surface area (Å²) in [5, 5.41) is 0. The van der Waals surface area contributed by atoms with Crippen molar-refractivity contribution in [3.63, 3.8) is 0 Å². The lowest BCUT2D eigenvalue weighted by Crippen LogP contribution is -2.14. The van der Waals surface area contributed by atoms with Gasteiger partial charge in [-0.2, -0.15) is 4.37 Å². The largest absolute Gasteiger partial charge is 0.208 e. The standard InChI is InChI=1S/C10H15ClN2S/c1-2-7-4-3-5-8(6-7)9-12-10(11)14-13-9/h7-8H,2-6H2,1H3. The van der Waals surface area contributed by atoms with Gasteiger partial charge in [0.15, 0.2) is 0 Å². The Morgan fingerprint density at radius 3 is 3.00 bits per heavy atom. The lowest BCUT2D eigenvalue weighted by molar-refractivity contribution is 0.308. The number of hydrogen-bond acceptors (Lipinski definition) is 3. The van der Waals surface area contributed by atoms with Gasteiger partial charge in [0.05, 0.1) is 0 Å². The highest BCUT2D eigenvalue weighted by atomic mass is 35.5. The van der Waals surface area contributed by atoms with E-state index in [-0.39, 0.29) is 0 Å². The normalized spacial score (nSPS) is 27.9. The molecule has 2 unspecified atom stereocenters. The van der Waals surface area contributed by atoms with Gasteiger partial charge in [0.1, 0.15) is 5.82 Å². The zero-order valence-corrected chi connectivity index (χ0v) is 9.94. The number of nitrogens with zero attached hydrogens (tertiary/aromatic N) is 2. The summed E-state index contributed by atoms with van der Waals surface area (Å²) >= 11 is 7.11. The molecule has 0 bridgehead atoms. The minimum atomic E-state index is 0.567. The van der Waals surface area contributed by atoms with Crippen LogP contribution in [0.1, 0.15) is 50.8 Å². The molecule has 0 saturated heterocycles. The lowest BCUT2D eigenvalue weighted by atomic mass is 9.80. The molecule has 2 atom stereocenters. The molecule has 0 N–H and O–H groups in total. The van der Waals surface area contributed by atoms with Crippen molar-refractivity contribution in [3.05, 3.63) is 10.3 Å². The van der Waals surface area contributed by atoms with E-state index in [1.165, 1.54) is 43.6 Å². The first-order valence-corrected chi connectivity index (χ1v) is 6.43. The van der Waals surface area contributed by atoms with E-state index in [0.29, 0.717) is 10.4 Å². The smallest absolute Gasteiger partial charge is 0.203 e. The fourth-order valence-electron chi connectivity index (χ4n) is 2.28. The molecule has 1 aliphatic carbocycles. The summed E-state index contributed by atoms with van der Waals surface area (Å²) in [4.78, 5) is 4.28. The zero-order chi connectivity index (χ0) is 9.97. The lowest BCUT2D eigenvalue weighted by Gasteiger charge is -2.26. The number of hydrogen-bond donors (Lipinski definition) is 0. The van der Waals surface area contributed by atoms with Crippen LogP contribution in [0.15, 0.2) is 0 Å². The maximum Gasteiger partial charge on any atom is 0.203 e. The molecule has 14 heavy (non-hydrogen) atoms. The first-order valence-electron chi connectivity index (χ1n) is 5.28. The molecule has 0 aromatic carbocycles. The fourth-order valence-corrected chi connectivity index (χ4v) is 2.96. The van der Waals surface area contributed by atoms with Crippen molar-refractivity contribution in [2.75, 3.05) is 0 Å². The van der Waals surface area contributed by atoms with Gasteiger partial charge < -0.3 is 0 Å². The van der Waals surface area contributed by atoms with E-state index in [2.05, 4.69) is 16.3 Å². The van der Waals surface area contributed by atoms with Gasteiger partial charge in [-0.05, 0) is 41.9 Å². The molecule has 1 saturated carbocycles. The van der Waals surface area contributed by atoms with Gasteiger partial charge >= 0.3 is 0 Å². The van der Waals surface area contributed by atoms with Gasteiger partial charge in [-0.1, -0.05) is 26.2 Å². The summed E-state index contributed by atoms with van der Waals surface area (Å²) in [6.45, 7) is 2.27. The summed E-state index contributed by atoms with van der Waals surface area (Å²) in [7, 11) is 0. The molecule has 0 spiro atoms. The van der Waals surface area contributed by atoms with Crippen LogP contribution in [0.4, 0.5) is 0 Å². The maximum atomic E-state index is 5.79. The molecule has 0 radical (unpaired) electrons. The molecule has 4 heteroatoms. The van der Waals surface area contributed by atoms with E-state index in [1.54, 1.807) is 0 Å². The predicted octanol–water partition coefficient (Wildman–Crippen LogP) is 3.88. The third-order valence-electron chi connectivity index (χ3n) is 3.14. The van der Waals surface area contributed by atoms with Crippen LogP contribution in [0.5, 0.6) is 0 Å². The van der Waals surface area contributed by atoms with Gasteiger partial charge in [0.25, 0.3) is 0 Å². The molecule has 0 amide bonds. The molecule has 2 nitrogen and oxygen atoms in total. The van der Waals surface area contributed by atoms with Crippen molar-refractivity contribution in [2.24, 2.45) is 5.92 Å². The van der Waals surface area contributed by atoms with E-state index < -0.39 is 0 Å². The zero-order valence-electron chi connectivity index (χ0n) is 8.37. The molecule has 0 aliphatic heterocycles. The van der Waals surface area contributed by atoms with Gasteiger partial charge in [0, 0.05) is 5.92 Å². The van der Waals surface area contributed by atoms with E-state index >= 15 is 0 Å². The van der Waals surface area contributed by atoms with Crippen molar-refractivity contribution >= 4 is 23.1 Å². The molecule has 2 rings (SSSR count). The quantitative estimate of drug-likeness (QED) is 0.771. The minimum Gasteiger partial charge on any atom is -0.208 e. The summed E-state index contributed by atoms with van der Waals surface area (Å²) < 4.78 is 4.89. The van der Waals surface area contributed by atoms with Crippen LogP contribution in [0.25, 0.3) is 0 Å². The molecular formula is C10H15ClN2S. The summed E-state index contributed by atoms with van der Waals surface area (Å²) in [6.07, 6.45) is 6.48. The second kappa shape index (κ2) is 4.58. The van der Waals surface area contributed by atoms with Crippen molar-refractivity contribution in [1.29, 1.82) is 0 Å². The molecule has 1 aromatic heterocycles. The highest BCUT2D eigenvalue weighted by Gasteiger charge is 2.24.